The summed E-state index contributed by atoms with van der Waals surface area (Å²) in [6, 6.07) is 7.46. The second kappa shape index (κ2) is 7.84. The van der Waals surface area contributed by atoms with Gasteiger partial charge in [0.25, 0.3) is 5.22 Å². The number of fused-ring (bicyclic) bond motifs is 1. The van der Waals surface area contributed by atoms with Crippen molar-refractivity contribution in [3.63, 3.8) is 0 Å². The second-order valence-electron chi connectivity index (χ2n) is 5.03. The molecule has 7 heteroatoms. The number of hydrogen-bond acceptors (Lipinski definition) is 5. The highest BCUT2D eigenvalue weighted by Crippen LogP contribution is 2.22. The molecule has 0 radical (unpaired) electrons. The van der Waals surface area contributed by atoms with E-state index in [1.54, 1.807) is 0 Å². The summed E-state index contributed by atoms with van der Waals surface area (Å²) >= 11 is 1.25. The number of carbonyl (C=O) groups is 2. The fourth-order valence-electron chi connectivity index (χ4n) is 1.68. The Hall–Kier alpha value is -2.02. The van der Waals surface area contributed by atoms with Crippen LogP contribution in [0, 0.1) is 5.92 Å². The van der Waals surface area contributed by atoms with Gasteiger partial charge in [-0.3, -0.25) is 9.59 Å². The zero-order valence-electron chi connectivity index (χ0n) is 12.6. The number of carbonyl (C=O) groups excluding carboxylic acids is 2. The SMILES string of the molecule is CC(C)C(=O)NCCNC(=O)CSc1nc2ccccc2o1. The van der Waals surface area contributed by atoms with Crippen LogP contribution in [0.3, 0.4) is 0 Å². The van der Waals surface area contributed by atoms with Crippen LogP contribution in [0.25, 0.3) is 11.1 Å². The van der Waals surface area contributed by atoms with E-state index in [-0.39, 0.29) is 23.5 Å². The van der Waals surface area contributed by atoms with Gasteiger partial charge in [0.1, 0.15) is 5.52 Å². The zero-order chi connectivity index (χ0) is 15.9. The Bertz CT molecular complexity index is 621. The molecule has 0 spiro atoms. The lowest BCUT2D eigenvalue weighted by molar-refractivity contribution is -0.124. The van der Waals surface area contributed by atoms with Crippen LogP contribution < -0.4 is 10.6 Å². The van der Waals surface area contributed by atoms with Crippen molar-refractivity contribution in [1.29, 1.82) is 0 Å². The van der Waals surface area contributed by atoms with E-state index in [0.717, 1.165) is 5.52 Å². The van der Waals surface area contributed by atoms with Gasteiger partial charge >= 0.3 is 0 Å². The third-order valence-electron chi connectivity index (χ3n) is 2.87. The topological polar surface area (TPSA) is 84.2 Å². The van der Waals surface area contributed by atoms with Crippen LogP contribution in [0.15, 0.2) is 33.9 Å². The van der Waals surface area contributed by atoms with Crippen LogP contribution in [-0.4, -0.2) is 35.6 Å². The summed E-state index contributed by atoms with van der Waals surface area (Å²) in [4.78, 5) is 27.3. The molecule has 118 valence electrons. The van der Waals surface area contributed by atoms with Gasteiger partial charge in [-0.25, -0.2) is 4.98 Å². The van der Waals surface area contributed by atoms with Gasteiger partial charge in [-0.2, -0.15) is 0 Å². The molecule has 22 heavy (non-hydrogen) atoms. The lowest BCUT2D eigenvalue weighted by atomic mass is 10.2. The van der Waals surface area contributed by atoms with Gasteiger partial charge in [-0.15, -0.1) is 0 Å². The summed E-state index contributed by atoms with van der Waals surface area (Å²) in [6.07, 6.45) is 0. The van der Waals surface area contributed by atoms with Gasteiger partial charge in [-0.05, 0) is 12.1 Å². The highest BCUT2D eigenvalue weighted by Gasteiger charge is 2.09. The summed E-state index contributed by atoms with van der Waals surface area (Å²) in [5.74, 6) is 0.0388. The Kier molecular flexibility index (Phi) is 5.83. The number of amides is 2. The van der Waals surface area contributed by atoms with Crippen LogP contribution in [-0.2, 0) is 9.59 Å². The minimum Gasteiger partial charge on any atom is -0.431 e. The average Bonchev–Trinajstić information content (AvgIpc) is 2.92. The number of thioether (sulfide) groups is 1. The largest absolute Gasteiger partial charge is 0.431 e. The Morgan fingerprint density at radius 2 is 1.95 bits per heavy atom. The summed E-state index contributed by atoms with van der Waals surface area (Å²) in [5, 5.41) is 5.95. The molecule has 0 aliphatic heterocycles. The predicted molar refractivity (Wildman–Crippen MR) is 85.6 cm³/mol. The molecular weight excluding hydrogens is 302 g/mol. The number of oxazole rings is 1. The summed E-state index contributed by atoms with van der Waals surface area (Å²) in [7, 11) is 0. The minimum atomic E-state index is -0.119. The Morgan fingerprint density at radius 3 is 2.68 bits per heavy atom. The standard InChI is InChI=1S/C15H19N3O3S/c1-10(2)14(20)17-8-7-16-13(19)9-22-15-18-11-5-3-4-6-12(11)21-15/h3-6,10H,7-9H2,1-2H3,(H,16,19)(H,17,20). The van der Waals surface area contributed by atoms with Crippen LogP contribution >= 0.6 is 11.8 Å². The number of hydrogen-bond donors (Lipinski definition) is 2. The number of nitrogens with one attached hydrogen (secondary N) is 2. The Balaban J connectivity index is 1.68. The first-order valence-electron chi connectivity index (χ1n) is 7.09. The number of para-hydroxylation sites is 2. The molecule has 2 rings (SSSR count). The quantitative estimate of drug-likeness (QED) is 0.600. The van der Waals surface area contributed by atoms with Gasteiger partial charge in [0.15, 0.2) is 5.58 Å². The van der Waals surface area contributed by atoms with E-state index < -0.39 is 0 Å². The van der Waals surface area contributed by atoms with Crippen molar-refractivity contribution in [3.8, 4) is 0 Å². The van der Waals surface area contributed by atoms with E-state index in [1.165, 1.54) is 11.8 Å². The molecule has 0 atom stereocenters. The molecule has 0 bridgehead atoms. The maximum atomic E-state index is 11.7. The summed E-state index contributed by atoms with van der Waals surface area (Å²) < 4.78 is 5.52. The monoisotopic (exact) mass is 321 g/mol. The predicted octanol–water partition coefficient (Wildman–Crippen LogP) is 1.81. The van der Waals surface area contributed by atoms with Gasteiger partial charge < -0.3 is 15.1 Å². The second-order valence-corrected chi connectivity index (χ2v) is 5.96. The van der Waals surface area contributed by atoms with Crippen molar-refractivity contribution in [2.75, 3.05) is 18.8 Å². The van der Waals surface area contributed by atoms with Crippen LogP contribution in [0.5, 0.6) is 0 Å². The maximum absolute atomic E-state index is 11.7. The van der Waals surface area contributed by atoms with Gasteiger partial charge in [0.2, 0.25) is 11.8 Å². The molecule has 0 aliphatic rings. The van der Waals surface area contributed by atoms with Gasteiger partial charge in [0, 0.05) is 19.0 Å². The van der Waals surface area contributed by atoms with Crippen molar-refractivity contribution >= 4 is 34.7 Å². The maximum Gasteiger partial charge on any atom is 0.257 e. The molecule has 0 saturated heterocycles. The molecule has 1 aromatic carbocycles. The van der Waals surface area contributed by atoms with E-state index in [0.29, 0.717) is 23.9 Å². The lowest BCUT2D eigenvalue weighted by Crippen LogP contribution is -2.36. The molecular formula is C15H19N3O3S. The summed E-state index contributed by atoms with van der Waals surface area (Å²) in [6.45, 7) is 4.48. The highest BCUT2D eigenvalue weighted by atomic mass is 32.2. The fraction of sp³-hybridized carbons (Fsp3) is 0.400. The number of rotatable bonds is 7. The molecule has 1 aromatic heterocycles. The van der Waals surface area contributed by atoms with Gasteiger partial charge in [-0.1, -0.05) is 37.7 Å². The van der Waals surface area contributed by atoms with E-state index in [9.17, 15) is 9.59 Å². The molecule has 0 saturated carbocycles. The first-order chi connectivity index (χ1) is 10.6. The van der Waals surface area contributed by atoms with E-state index in [4.69, 9.17) is 4.42 Å². The molecule has 0 fully saturated rings. The molecule has 6 nitrogen and oxygen atoms in total. The van der Waals surface area contributed by atoms with Crippen LogP contribution in [0.2, 0.25) is 0 Å². The van der Waals surface area contributed by atoms with Gasteiger partial charge in [0.05, 0.1) is 5.75 Å². The first-order valence-corrected chi connectivity index (χ1v) is 8.07. The zero-order valence-corrected chi connectivity index (χ0v) is 13.4. The summed E-state index contributed by atoms with van der Waals surface area (Å²) in [5.41, 5.74) is 1.49. The van der Waals surface area contributed by atoms with Crippen molar-refractivity contribution in [3.05, 3.63) is 24.3 Å². The van der Waals surface area contributed by atoms with Crippen LogP contribution in [0.4, 0.5) is 0 Å². The number of benzene rings is 1. The molecule has 2 amide bonds. The lowest BCUT2D eigenvalue weighted by Gasteiger charge is -2.08. The minimum absolute atomic E-state index is 0.0184. The molecule has 0 aliphatic carbocycles. The van der Waals surface area contributed by atoms with E-state index in [1.807, 2.05) is 38.1 Å². The number of aromatic nitrogens is 1. The molecule has 1 heterocycles. The first kappa shape index (κ1) is 16.4. The molecule has 0 unspecified atom stereocenters. The molecule has 2 aromatic rings. The van der Waals surface area contributed by atoms with Crippen LogP contribution in [0.1, 0.15) is 13.8 Å². The Morgan fingerprint density at radius 1 is 1.23 bits per heavy atom. The molecule has 2 N–H and O–H groups in total. The third-order valence-corrected chi connectivity index (χ3v) is 3.70. The average molecular weight is 321 g/mol. The fourth-order valence-corrected chi connectivity index (χ4v) is 2.35. The van der Waals surface area contributed by atoms with Crippen molar-refractivity contribution in [2.45, 2.75) is 19.1 Å². The van der Waals surface area contributed by atoms with Crippen molar-refractivity contribution < 1.29 is 14.0 Å². The third kappa shape index (κ3) is 4.77. The smallest absolute Gasteiger partial charge is 0.257 e. The van der Waals surface area contributed by atoms with Crippen molar-refractivity contribution in [1.82, 2.24) is 15.6 Å². The normalized spacial score (nSPS) is 10.9. The van der Waals surface area contributed by atoms with E-state index in [2.05, 4.69) is 15.6 Å². The van der Waals surface area contributed by atoms with E-state index >= 15 is 0 Å². The van der Waals surface area contributed by atoms with Crippen molar-refractivity contribution in [2.24, 2.45) is 5.92 Å². The number of nitrogens with zero attached hydrogens (tertiary/aromatic N) is 1. The highest BCUT2D eigenvalue weighted by molar-refractivity contribution is 7.99. The Labute approximate surface area is 133 Å².